The van der Waals surface area contributed by atoms with Gasteiger partial charge in [-0.25, -0.2) is 0 Å². The Balaban J connectivity index is 1.15. The number of anilines is 3. The smallest absolute Gasteiger partial charge is 0.273 e. The Labute approximate surface area is 414 Å². The summed E-state index contributed by atoms with van der Waals surface area (Å²) in [5, 5.41) is 5.96. The fourth-order valence-corrected chi connectivity index (χ4v) is 12.6. The van der Waals surface area contributed by atoms with Crippen LogP contribution in [-0.4, -0.2) is 15.8 Å². The van der Waals surface area contributed by atoms with E-state index in [-0.39, 0.29) is 23.0 Å². The third kappa shape index (κ3) is 6.36. The zero-order chi connectivity index (χ0) is 48.2. The molecular weight excluding hydrogens is 874 g/mol. The van der Waals surface area contributed by atoms with Gasteiger partial charge in [0.25, 0.3) is 6.71 Å². The summed E-state index contributed by atoms with van der Waals surface area (Å²) < 4.78 is 22.3. The normalized spacial score (nSPS) is 13.5. The molecule has 0 fully saturated rings. The van der Waals surface area contributed by atoms with Crippen LogP contribution in [0.15, 0.2) is 158 Å². The van der Waals surface area contributed by atoms with E-state index >= 15 is 0 Å². The molecule has 2 aliphatic heterocycles. The Bertz CT molecular complexity index is 3860. The molecular formula is C63H56BN3O2S. The second-order valence-electron chi connectivity index (χ2n) is 22.7. The molecule has 7 heteroatoms. The Morgan fingerprint density at radius 2 is 1.00 bits per heavy atom. The molecule has 0 saturated heterocycles. The summed E-state index contributed by atoms with van der Waals surface area (Å²) >= 11 is 1.85. The van der Waals surface area contributed by atoms with Gasteiger partial charge < -0.3 is 23.5 Å². The Morgan fingerprint density at radius 3 is 1.57 bits per heavy atom. The summed E-state index contributed by atoms with van der Waals surface area (Å²) in [7, 11) is 2.22. The van der Waals surface area contributed by atoms with Crippen molar-refractivity contribution in [2.24, 2.45) is 7.05 Å². The second kappa shape index (κ2) is 14.9. The van der Waals surface area contributed by atoms with E-state index in [1.807, 2.05) is 11.3 Å². The van der Waals surface area contributed by atoms with Gasteiger partial charge >= 0.3 is 0 Å². The average molecular weight is 930 g/mol. The van der Waals surface area contributed by atoms with Crippen LogP contribution in [0.5, 0.6) is 23.0 Å². The maximum absolute atomic E-state index is 7.60. The van der Waals surface area contributed by atoms with E-state index in [1.54, 1.807) is 0 Å². The number of ether oxygens (including phenoxy) is 2. The van der Waals surface area contributed by atoms with Crippen LogP contribution in [-0.2, 0) is 23.3 Å². The van der Waals surface area contributed by atoms with Crippen LogP contribution in [0.1, 0.15) is 79.0 Å². The lowest BCUT2D eigenvalue weighted by molar-refractivity contribution is 0.471. The number of fused-ring (bicyclic) bond motifs is 13. The van der Waals surface area contributed by atoms with E-state index in [1.165, 1.54) is 48.0 Å². The number of nitrogens with zero attached hydrogens (tertiary/aromatic N) is 3. The molecule has 0 unspecified atom stereocenters. The highest BCUT2D eigenvalue weighted by molar-refractivity contribution is 7.33. The maximum atomic E-state index is 7.60. The largest absolute Gasteiger partial charge is 0.457 e. The van der Waals surface area contributed by atoms with Crippen LogP contribution in [0.2, 0.25) is 0 Å². The predicted octanol–water partition coefficient (Wildman–Crippen LogP) is 15.7. The first-order chi connectivity index (χ1) is 33.5. The van der Waals surface area contributed by atoms with Gasteiger partial charge in [0.1, 0.15) is 23.0 Å². The number of thiophene rings is 1. The van der Waals surface area contributed by atoms with Gasteiger partial charge in [-0.2, -0.15) is 0 Å². The van der Waals surface area contributed by atoms with E-state index in [0.717, 1.165) is 83.9 Å². The highest BCUT2D eigenvalue weighted by atomic mass is 32.1. The lowest BCUT2D eigenvalue weighted by atomic mass is 9.37. The van der Waals surface area contributed by atoms with Gasteiger partial charge in [0.15, 0.2) is 0 Å². The van der Waals surface area contributed by atoms with Crippen molar-refractivity contribution in [3.05, 3.63) is 174 Å². The van der Waals surface area contributed by atoms with Crippen molar-refractivity contribution in [2.45, 2.75) is 78.6 Å². The highest BCUT2D eigenvalue weighted by Crippen LogP contribution is 2.50. The minimum atomic E-state index is -0.167. The van der Waals surface area contributed by atoms with Crippen molar-refractivity contribution >= 4 is 105 Å². The van der Waals surface area contributed by atoms with Crippen molar-refractivity contribution in [1.29, 1.82) is 0 Å². The monoisotopic (exact) mass is 929 g/mol. The summed E-state index contributed by atoms with van der Waals surface area (Å²) in [5.41, 5.74) is 14.9. The molecule has 0 spiro atoms. The molecule has 0 radical (unpaired) electrons. The van der Waals surface area contributed by atoms with Crippen LogP contribution in [0.25, 0.3) is 59.4 Å². The van der Waals surface area contributed by atoms with Crippen LogP contribution < -0.4 is 30.1 Å². The van der Waals surface area contributed by atoms with Gasteiger partial charge in [-0.05, 0) is 111 Å². The number of hydrogen-bond donors (Lipinski definition) is 0. The third-order valence-electron chi connectivity index (χ3n) is 15.1. The van der Waals surface area contributed by atoms with Crippen molar-refractivity contribution in [3.8, 4) is 28.7 Å². The molecule has 8 aromatic carbocycles. The van der Waals surface area contributed by atoms with Crippen molar-refractivity contribution < 1.29 is 9.47 Å². The van der Waals surface area contributed by atoms with Gasteiger partial charge in [-0.1, -0.05) is 135 Å². The van der Waals surface area contributed by atoms with Crippen molar-refractivity contribution in [1.82, 2.24) is 9.13 Å². The first-order valence-electron chi connectivity index (χ1n) is 24.7. The lowest BCUT2D eigenvalue weighted by Crippen LogP contribution is -2.56. The number of benzene rings is 8. The molecule has 0 bridgehead atoms. The average Bonchev–Trinajstić information content (AvgIpc) is 3.98. The molecule has 2 aliphatic rings. The Morgan fingerprint density at radius 1 is 0.486 bits per heavy atom. The molecule has 11 aromatic rings. The Kier molecular flexibility index (Phi) is 9.12. The zero-order valence-electron chi connectivity index (χ0n) is 41.7. The van der Waals surface area contributed by atoms with E-state index in [0.29, 0.717) is 0 Å². The molecule has 0 amide bonds. The molecule has 5 nitrogen and oxygen atoms in total. The molecule has 344 valence electrons. The maximum Gasteiger partial charge on any atom is 0.273 e. The molecule has 13 rings (SSSR count). The first-order valence-corrected chi connectivity index (χ1v) is 25.5. The third-order valence-corrected chi connectivity index (χ3v) is 16.3. The summed E-state index contributed by atoms with van der Waals surface area (Å²) in [5.74, 6) is 3.46. The van der Waals surface area contributed by atoms with E-state index in [2.05, 4.69) is 241 Å². The standard InChI is InChI=1S/C63H56BN3O2S/c1-61(2,3)37-25-28-49-44(31-37)45-32-38(62(4,5)6)26-29-50(45)67(49)51-36-47-59(55-43-23-17-18-24-48(43)65(10)57(51)55)69-53-35-42(66(40-19-13-11-14-20-40)41-21-15-12-16-22-41)34-52-56(53)64(47)60-58(68-52)46-33-39(63(7,8)9)27-30-54(46)70-60/h11-36H,1-10H3. The molecule has 70 heavy (non-hydrogen) atoms. The van der Waals surface area contributed by atoms with Crippen LogP contribution in [0.4, 0.5) is 17.1 Å². The number of hydrogen-bond acceptors (Lipinski definition) is 4. The molecule has 5 heterocycles. The van der Waals surface area contributed by atoms with Gasteiger partial charge in [-0.15, -0.1) is 11.3 Å². The molecule has 0 saturated carbocycles. The van der Waals surface area contributed by atoms with E-state index < -0.39 is 0 Å². The fourth-order valence-electron chi connectivity index (χ4n) is 11.3. The summed E-state index contributed by atoms with van der Waals surface area (Å²) in [4.78, 5) is 2.31. The minimum absolute atomic E-state index is 0.0145. The SMILES string of the molecule is Cn1c2ccccc2c2c3c(cc(-n4c5ccc(C(C)(C)C)cc5c5cc(C(C)(C)C)ccc54)c21)B1c2sc4ccc(C(C)(C)C)cc4c2Oc2cc(N(c4ccccc4)c4ccccc4)cc(c21)O3. The molecule has 0 N–H and O–H groups in total. The zero-order valence-corrected chi connectivity index (χ0v) is 42.5. The van der Waals surface area contributed by atoms with Crippen LogP contribution >= 0.6 is 11.3 Å². The number of para-hydroxylation sites is 3. The van der Waals surface area contributed by atoms with Crippen molar-refractivity contribution in [2.75, 3.05) is 4.90 Å². The highest BCUT2D eigenvalue weighted by Gasteiger charge is 2.45. The first kappa shape index (κ1) is 42.9. The summed E-state index contributed by atoms with van der Waals surface area (Å²) in [6.45, 7) is 20.6. The molecule has 0 atom stereocenters. The summed E-state index contributed by atoms with van der Waals surface area (Å²) in [6.07, 6.45) is 0. The van der Waals surface area contributed by atoms with Crippen LogP contribution in [0, 0.1) is 0 Å². The number of aromatic nitrogens is 2. The topological polar surface area (TPSA) is 31.6 Å². The number of aryl methyl sites for hydroxylation is 1. The lowest BCUT2D eigenvalue weighted by Gasteiger charge is -2.34. The van der Waals surface area contributed by atoms with E-state index in [9.17, 15) is 0 Å². The van der Waals surface area contributed by atoms with Gasteiger partial charge in [0.05, 0.1) is 33.3 Å². The fraction of sp³-hybridized carbons (Fsp3) is 0.206. The summed E-state index contributed by atoms with van der Waals surface area (Å²) in [6, 6.07) is 58.3. The van der Waals surface area contributed by atoms with Gasteiger partial charge in [0, 0.05) is 72.6 Å². The minimum Gasteiger partial charge on any atom is -0.457 e. The molecule has 3 aromatic heterocycles. The van der Waals surface area contributed by atoms with E-state index in [4.69, 9.17) is 9.47 Å². The second-order valence-corrected chi connectivity index (χ2v) is 23.8. The Hall–Kier alpha value is -7.22. The van der Waals surface area contributed by atoms with Crippen LogP contribution in [0.3, 0.4) is 0 Å². The predicted molar refractivity (Wildman–Crippen MR) is 299 cm³/mol. The van der Waals surface area contributed by atoms with Gasteiger partial charge in [-0.3, -0.25) is 0 Å². The number of rotatable bonds is 4. The van der Waals surface area contributed by atoms with Crippen molar-refractivity contribution in [3.63, 3.8) is 0 Å². The quantitative estimate of drug-likeness (QED) is 0.165. The molecule has 0 aliphatic carbocycles. The van der Waals surface area contributed by atoms with Gasteiger partial charge in [0.2, 0.25) is 0 Å².